The highest BCUT2D eigenvalue weighted by Crippen LogP contribution is 2.52. The highest BCUT2D eigenvalue weighted by atomic mass is 32.1. The Kier molecular flexibility index (Phi) is 8.30. The molecule has 0 N–H and O–H groups in total. The predicted octanol–water partition coefficient (Wildman–Crippen LogP) is 17.4. The first-order chi connectivity index (χ1) is 31.5. The minimum absolute atomic E-state index is 0.308. The van der Waals surface area contributed by atoms with Crippen LogP contribution >= 0.6 is 22.7 Å². The van der Waals surface area contributed by atoms with Crippen molar-refractivity contribution in [1.29, 1.82) is 0 Å². The minimum atomic E-state index is -0.308. The van der Waals surface area contributed by atoms with Crippen LogP contribution in [0.25, 0.3) is 118 Å². The molecule has 306 valence electrons. The van der Waals surface area contributed by atoms with Gasteiger partial charge in [0.1, 0.15) is 11.6 Å². The van der Waals surface area contributed by atoms with Gasteiger partial charge in [-0.25, -0.2) is 8.78 Å². The molecule has 0 fully saturated rings. The van der Waals surface area contributed by atoms with Crippen LogP contribution in [0.1, 0.15) is 25.0 Å². The third kappa shape index (κ3) is 5.21. The summed E-state index contributed by atoms with van der Waals surface area (Å²) in [6.07, 6.45) is 1.31. The molecule has 0 saturated carbocycles. The standard InChI is InChI=1S/C58H38F2N2S2/c1-3-37-51(33-15-13-17-35(59)31-33)56(62-46-24-10-6-22-44(46)54-48(62)30-28-42-40-20-8-12-26-50(40)64-58(42)54)52(34-16-14-18-36(60)32-34)38(4-2)55(37)61-45-23-9-5-21-43(45)53-47(61)29-27-41-39-19-7-11-25-49(39)63-57(41)53/h5-32H,3-4H2,1-2H3. The van der Waals surface area contributed by atoms with E-state index >= 15 is 8.78 Å². The van der Waals surface area contributed by atoms with Crippen molar-refractivity contribution in [3.63, 3.8) is 0 Å². The van der Waals surface area contributed by atoms with Gasteiger partial charge in [0.25, 0.3) is 0 Å². The Labute approximate surface area is 375 Å². The lowest BCUT2D eigenvalue weighted by molar-refractivity contribution is 0.628. The maximum Gasteiger partial charge on any atom is 0.123 e. The third-order valence-electron chi connectivity index (χ3n) is 13.4. The van der Waals surface area contributed by atoms with Crippen molar-refractivity contribution in [2.24, 2.45) is 0 Å². The Morgan fingerprint density at radius 1 is 0.391 bits per heavy atom. The highest BCUT2D eigenvalue weighted by molar-refractivity contribution is 7.27. The van der Waals surface area contributed by atoms with E-state index in [0.29, 0.717) is 12.8 Å². The number of benzene rings is 9. The number of fused-ring (bicyclic) bond motifs is 14. The van der Waals surface area contributed by atoms with Crippen LogP contribution in [0.4, 0.5) is 8.78 Å². The van der Waals surface area contributed by atoms with Crippen LogP contribution in [0.15, 0.2) is 170 Å². The highest BCUT2D eigenvalue weighted by Gasteiger charge is 2.31. The SMILES string of the molecule is CCc1c(-c2cccc(F)c2)c(-n2c3ccccc3c3c4sc5ccccc5c4ccc32)c(-c2cccc(F)c2)c(CC)c1-n1c2ccccc2c2c3sc4ccccc4c3ccc21. The van der Waals surface area contributed by atoms with E-state index in [4.69, 9.17) is 0 Å². The summed E-state index contributed by atoms with van der Waals surface area (Å²) in [4.78, 5) is 0. The van der Waals surface area contributed by atoms with Gasteiger partial charge < -0.3 is 9.13 Å². The lowest BCUT2D eigenvalue weighted by Gasteiger charge is -2.29. The molecule has 0 aliphatic carbocycles. The molecule has 2 nitrogen and oxygen atoms in total. The predicted molar refractivity (Wildman–Crippen MR) is 270 cm³/mol. The van der Waals surface area contributed by atoms with Crippen molar-refractivity contribution in [3.05, 3.63) is 193 Å². The molecular formula is C58H38F2N2S2. The number of halogens is 2. The van der Waals surface area contributed by atoms with Gasteiger partial charge in [0.05, 0.1) is 33.4 Å². The molecule has 13 rings (SSSR count). The maximum atomic E-state index is 15.9. The van der Waals surface area contributed by atoms with Gasteiger partial charge in [0, 0.05) is 73.0 Å². The number of hydrogen-bond donors (Lipinski definition) is 0. The summed E-state index contributed by atoms with van der Waals surface area (Å²) in [6.45, 7) is 4.44. The average molecular weight is 865 g/mol. The fourth-order valence-electron chi connectivity index (χ4n) is 10.9. The zero-order valence-electron chi connectivity index (χ0n) is 35.0. The molecular weight excluding hydrogens is 827 g/mol. The number of nitrogens with zero attached hydrogens (tertiary/aromatic N) is 2. The smallest absolute Gasteiger partial charge is 0.123 e. The monoisotopic (exact) mass is 864 g/mol. The molecule has 4 heterocycles. The van der Waals surface area contributed by atoms with E-state index in [2.05, 4.69) is 144 Å². The van der Waals surface area contributed by atoms with Crippen molar-refractivity contribution in [1.82, 2.24) is 9.13 Å². The zero-order chi connectivity index (χ0) is 42.8. The second kappa shape index (κ2) is 14.2. The lowest BCUT2D eigenvalue weighted by atomic mass is 9.84. The molecule has 6 heteroatoms. The number of thiophene rings is 2. The van der Waals surface area contributed by atoms with Gasteiger partial charge in [-0.2, -0.15) is 0 Å². The van der Waals surface area contributed by atoms with Crippen molar-refractivity contribution < 1.29 is 8.78 Å². The van der Waals surface area contributed by atoms with Gasteiger partial charge in [-0.15, -0.1) is 22.7 Å². The molecule has 0 amide bonds. The van der Waals surface area contributed by atoms with Gasteiger partial charge >= 0.3 is 0 Å². The van der Waals surface area contributed by atoms with E-state index in [1.165, 1.54) is 68.6 Å². The van der Waals surface area contributed by atoms with Crippen LogP contribution in [-0.2, 0) is 12.8 Å². The summed E-state index contributed by atoms with van der Waals surface area (Å²) < 4.78 is 41.7. The topological polar surface area (TPSA) is 9.86 Å². The molecule has 64 heavy (non-hydrogen) atoms. The van der Waals surface area contributed by atoms with Crippen LogP contribution < -0.4 is 0 Å². The second-order valence-electron chi connectivity index (χ2n) is 16.7. The Morgan fingerprint density at radius 3 is 1.27 bits per heavy atom. The van der Waals surface area contributed by atoms with Gasteiger partial charge in [0.15, 0.2) is 0 Å². The zero-order valence-corrected chi connectivity index (χ0v) is 36.7. The minimum Gasteiger partial charge on any atom is -0.309 e. The quantitative estimate of drug-likeness (QED) is 0.158. The number of para-hydroxylation sites is 2. The third-order valence-corrected chi connectivity index (χ3v) is 15.8. The summed E-state index contributed by atoms with van der Waals surface area (Å²) in [7, 11) is 0. The fraction of sp³-hybridized carbons (Fsp3) is 0.0690. The normalized spacial score (nSPS) is 12.2. The molecule has 9 aromatic carbocycles. The Morgan fingerprint density at radius 2 is 0.812 bits per heavy atom. The summed E-state index contributed by atoms with van der Waals surface area (Å²) in [6, 6.07) is 57.9. The van der Waals surface area contributed by atoms with Crippen LogP contribution in [0.2, 0.25) is 0 Å². The summed E-state index contributed by atoms with van der Waals surface area (Å²) in [5, 5.41) is 9.69. The van der Waals surface area contributed by atoms with Crippen LogP contribution in [0, 0.1) is 11.6 Å². The summed E-state index contributed by atoms with van der Waals surface area (Å²) in [5.74, 6) is -0.616. The summed E-state index contributed by atoms with van der Waals surface area (Å²) in [5.41, 5.74) is 11.9. The van der Waals surface area contributed by atoms with Crippen LogP contribution in [-0.4, -0.2) is 9.13 Å². The molecule has 0 aliphatic rings. The Bertz CT molecular complexity index is 4010. The van der Waals surface area contributed by atoms with E-state index in [1.54, 1.807) is 12.1 Å². The molecule has 13 aromatic rings. The molecule has 0 aliphatic heterocycles. The average Bonchev–Trinajstić information content (AvgIpc) is 4.08. The maximum absolute atomic E-state index is 15.9. The lowest BCUT2D eigenvalue weighted by Crippen LogP contribution is -2.13. The number of rotatable bonds is 6. The molecule has 0 spiro atoms. The summed E-state index contributed by atoms with van der Waals surface area (Å²) >= 11 is 3.67. The molecule has 0 radical (unpaired) electrons. The van der Waals surface area contributed by atoms with Gasteiger partial charge in [-0.05, 0) is 95.8 Å². The molecule has 4 aromatic heterocycles. The second-order valence-corrected chi connectivity index (χ2v) is 18.8. The first-order valence-corrected chi connectivity index (χ1v) is 23.6. The molecule has 0 unspecified atom stereocenters. The van der Waals surface area contributed by atoms with Crippen molar-refractivity contribution in [2.75, 3.05) is 0 Å². The van der Waals surface area contributed by atoms with Gasteiger partial charge in [-0.3, -0.25) is 0 Å². The molecule has 0 bridgehead atoms. The number of aromatic nitrogens is 2. The van der Waals surface area contributed by atoms with Crippen LogP contribution in [0.5, 0.6) is 0 Å². The van der Waals surface area contributed by atoms with E-state index in [0.717, 1.165) is 72.2 Å². The van der Waals surface area contributed by atoms with E-state index in [9.17, 15) is 0 Å². The van der Waals surface area contributed by atoms with Gasteiger partial charge in [0.2, 0.25) is 0 Å². The van der Waals surface area contributed by atoms with Crippen molar-refractivity contribution in [2.45, 2.75) is 26.7 Å². The van der Waals surface area contributed by atoms with Gasteiger partial charge in [-0.1, -0.05) is 123 Å². The van der Waals surface area contributed by atoms with Crippen molar-refractivity contribution >= 4 is 107 Å². The van der Waals surface area contributed by atoms with E-state index < -0.39 is 0 Å². The fourth-order valence-corrected chi connectivity index (χ4v) is 13.4. The molecule has 0 saturated heterocycles. The first kappa shape index (κ1) is 37.4. The Hall–Kier alpha value is -7.12. The first-order valence-electron chi connectivity index (χ1n) is 21.9. The Balaban J connectivity index is 1.27. The van der Waals surface area contributed by atoms with Crippen molar-refractivity contribution in [3.8, 4) is 33.6 Å². The number of hydrogen-bond acceptors (Lipinski definition) is 2. The molecule has 0 atom stereocenters. The van der Waals surface area contributed by atoms with E-state index in [1.807, 2.05) is 46.9 Å². The van der Waals surface area contributed by atoms with Crippen LogP contribution in [0.3, 0.4) is 0 Å². The largest absolute Gasteiger partial charge is 0.309 e. The van der Waals surface area contributed by atoms with E-state index in [-0.39, 0.29) is 11.6 Å².